The van der Waals surface area contributed by atoms with Crippen LogP contribution in [0.2, 0.25) is 0 Å². The van der Waals surface area contributed by atoms with E-state index in [4.69, 9.17) is 0 Å². The molecular formula is C19H24N4OS. The third-order valence-electron chi connectivity index (χ3n) is 4.61. The molecule has 1 N–H and O–H groups in total. The van der Waals surface area contributed by atoms with Crippen molar-refractivity contribution in [2.75, 3.05) is 24.2 Å². The van der Waals surface area contributed by atoms with Gasteiger partial charge in [0.25, 0.3) is 0 Å². The predicted octanol–water partition coefficient (Wildman–Crippen LogP) is 3.04. The minimum Gasteiger partial charge on any atom is -0.355 e. The van der Waals surface area contributed by atoms with Crippen molar-refractivity contribution in [3.63, 3.8) is 0 Å². The minimum atomic E-state index is 0.0835. The number of hydrogen-bond acceptors (Lipinski definition) is 5. The Balaban J connectivity index is 1.47. The van der Waals surface area contributed by atoms with Crippen molar-refractivity contribution >= 4 is 23.5 Å². The number of aromatic nitrogens is 2. The lowest BCUT2D eigenvalue weighted by Gasteiger charge is -2.31. The summed E-state index contributed by atoms with van der Waals surface area (Å²) < 4.78 is 0. The minimum absolute atomic E-state index is 0.0835. The highest BCUT2D eigenvalue weighted by Gasteiger charge is 2.25. The molecule has 5 nitrogen and oxygen atoms in total. The lowest BCUT2D eigenvalue weighted by atomic mass is 9.96. The van der Waals surface area contributed by atoms with Crippen molar-refractivity contribution in [3.05, 3.63) is 47.5 Å². The van der Waals surface area contributed by atoms with Crippen LogP contribution in [0.25, 0.3) is 0 Å². The normalized spacial score (nSPS) is 15.2. The van der Waals surface area contributed by atoms with Gasteiger partial charge in [-0.3, -0.25) is 4.79 Å². The number of carbonyl (C=O) groups excluding carboxylic acids is 1. The second-order valence-corrected chi connectivity index (χ2v) is 7.23. The number of carbonyl (C=O) groups is 1. The molecule has 0 unspecified atom stereocenters. The average molecular weight is 356 g/mol. The Bertz CT molecular complexity index is 694. The first-order chi connectivity index (χ1) is 12.2. The molecule has 1 aliphatic rings. The fourth-order valence-corrected chi connectivity index (χ4v) is 3.33. The fourth-order valence-electron chi connectivity index (χ4n) is 3.00. The molecule has 132 valence electrons. The highest BCUT2D eigenvalue weighted by atomic mass is 32.2. The molecule has 1 amide bonds. The van der Waals surface area contributed by atoms with Crippen LogP contribution in [0.3, 0.4) is 0 Å². The summed E-state index contributed by atoms with van der Waals surface area (Å²) in [4.78, 5) is 14.6. The Morgan fingerprint density at radius 1 is 1.16 bits per heavy atom. The van der Waals surface area contributed by atoms with E-state index in [2.05, 4.69) is 51.6 Å². The number of thioether (sulfide) groups is 1. The predicted molar refractivity (Wildman–Crippen MR) is 102 cm³/mol. The number of rotatable bonds is 5. The van der Waals surface area contributed by atoms with Crippen LogP contribution < -0.4 is 10.2 Å². The van der Waals surface area contributed by atoms with Gasteiger partial charge in [0.15, 0.2) is 5.82 Å². The maximum atomic E-state index is 12.4. The van der Waals surface area contributed by atoms with E-state index >= 15 is 0 Å². The number of nitrogens with one attached hydrogen (secondary N) is 1. The Morgan fingerprint density at radius 3 is 2.48 bits per heavy atom. The standard InChI is InChI=1S/C19H24N4OS/c1-14-3-5-15(6-4-14)13-20-19(24)16-9-11-23(12-10-16)17-7-8-18(25-2)22-21-17/h3-8,16H,9-13H2,1-2H3,(H,20,24). The smallest absolute Gasteiger partial charge is 0.223 e. The van der Waals surface area contributed by atoms with Gasteiger partial charge in [-0.25, -0.2) is 0 Å². The molecular weight excluding hydrogens is 332 g/mol. The summed E-state index contributed by atoms with van der Waals surface area (Å²) in [6.07, 6.45) is 3.70. The van der Waals surface area contributed by atoms with E-state index in [0.717, 1.165) is 42.3 Å². The van der Waals surface area contributed by atoms with Gasteiger partial charge < -0.3 is 10.2 Å². The first kappa shape index (κ1) is 17.7. The van der Waals surface area contributed by atoms with E-state index in [1.54, 1.807) is 11.8 Å². The molecule has 0 saturated carbocycles. The number of anilines is 1. The van der Waals surface area contributed by atoms with Gasteiger partial charge in [-0.2, -0.15) is 0 Å². The summed E-state index contributed by atoms with van der Waals surface area (Å²) in [6.45, 7) is 4.35. The molecule has 0 radical (unpaired) electrons. The third-order valence-corrected chi connectivity index (χ3v) is 5.25. The number of amides is 1. The zero-order chi connectivity index (χ0) is 17.6. The van der Waals surface area contributed by atoms with E-state index in [9.17, 15) is 4.79 Å². The van der Waals surface area contributed by atoms with E-state index in [1.807, 2.05) is 18.4 Å². The number of hydrogen-bond donors (Lipinski definition) is 1. The van der Waals surface area contributed by atoms with Gasteiger partial charge in [0, 0.05) is 25.6 Å². The van der Waals surface area contributed by atoms with Crippen LogP contribution >= 0.6 is 11.8 Å². The molecule has 0 aliphatic carbocycles. The number of nitrogens with zero attached hydrogens (tertiary/aromatic N) is 3. The summed E-state index contributed by atoms with van der Waals surface area (Å²) in [7, 11) is 0. The number of benzene rings is 1. The zero-order valence-corrected chi connectivity index (χ0v) is 15.6. The van der Waals surface area contributed by atoms with E-state index in [0.29, 0.717) is 6.54 Å². The number of aryl methyl sites for hydroxylation is 1. The Morgan fingerprint density at radius 2 is 1.88 bits per heavy atom. The highest BCUT2D eigenvalue weighted by Crippen LogP contribution is 2.22. The molecule has 25 heavy (non-hydrogen) atoms. The average Bonchev–Trinajstić information content (AvgIpc) is 2.67. The van der Waals surface area contributed by atoms with Crippen molar-refractivity contribution in [1.29, 1.82) is 0 Å². The van der Waals surface area contributed by atoms with Crippen molar-refractivity contribution in [3.8, 4) is 0 Å². The van der Waals surface area contributed by atoms with Gasteiger partial charge in [0.2, 0.25) is 5.91 Å². The second kappa shape index (κ2) is 8.34. The van der Waals surface area contributed by atoms with Crippen LogP contribution in [0, 0.1) is 12.8 Å². The first-order valence-electron chi connectivity index (χ1n) is 8.61. The van der Waals surface area contributed by atoms with E-state index in [-0.39, 0.29) is 11.8 Å². The van der Waals surface area contributed by atoms with E-state index < -0.39 is 0 Å². The van der Waals surface area contributed by atoms with Crippen molar-refractivity contribution in [2.45, 2.75) is 31.3 Å². The highest BCUT2D eigenvalue weighted by molar-refractivity contribution is 7.98. The second-order valence-electron chi connectivity index (χ2n) is 6.40. The molecule has 3 rings (SSSR count). The summed E-state index contributed by atoms with van der Waals surface area (Å²) in [6, 6.07) is 12.3. The van der Waals surface area contributed by atoms with Crippen molar-refractivity contribution in [1.82, 2.24) is 15.5 Å². The Hall–Kier alpha value is -2.08. The fraction of sp³-hybridized carbons (Fsp3) is 0.421. The van der Waals surface area contributed by atoms with Gasteiger partial charge in [-0.1, -0.05) is 29.8 Å². The van der Waals surface area contributed by atoms with Crippen LogP contribution in [-0.2, 0) is 11.3 Å². The lowest BCUT2D eigenvalue weighted by Crippen LogP contribution is -2.40. The quantitative estimate of drug-likeness (QED) is 0.835. The molecule has 0 spiro atoms. The maximum absolute atomic E-state index is 12.4. The molecule has 0 atom stereocenters. The molecule has 2 aromatic rings. The molecule has 1 aromatic heterocycles. The summed E-state index contributed by atoms with van der Waals surface area (Å²) >= 11 is 1.59. The van der Waals surface area contributed by atoms with Gasteiger partial charge in [-0.05, 0) is 43.7 Å². The topological polar surface area (TPSA) is 58.1 Å². The summed E-state index contributed by atoms with van der Waals surface area (Å²) in [5.74, 6) is 1.14. The SMILES string of the molecule is CSc1ccc(N2CCC(C(=O)NCc3ccc(C)cc3)CC2)nn1. The van der Waals surface area contributed by atoms with Crippen LogP contribution in [0.4, 0.5) is 5.82 Å². The van der Waals surface area contributed by atoms with Gasteiger partial charge in [-0.15, -0.1) is 22.0 Å². The van der Waals surface area contributed by atoms with E-state index in [1.165, 1.54) is 5.56 Å². The maximum Gasteiger partial charge on any atom is 0.223 e. The van der Waals surface area contributed by atoms with Gasteiger partial charge >= 0.3 is 0 Å². The lowest BCUT2D eigenvalue weighted by molar-refractivity contribution is -0.125. The number of piperidine rings is 1. The Kier molecular flexibility index (Phi) is 5.91. The molecule has 1 aliphatic heterocycles. The summed E-state index contributed by atoms with van der Waals surface area (Å²) in [5.41, 5.74) is 2.37. The Labute approximate surface area is 153 Å². The van der Waals surface area contributed by atoms with Crippen molar-refractivity contribution < 1.29 is 4.79 Å². The first-order valence-corrected chi connectivity index (χ1v) is 9.84. The summed E-state index contributed by atoms with van der Waals surface area (Å²) in [5, 5.41) is 12.5. The monoisotopic (exact) mass is 356 g/mol. The van der Waals surface area contributed by atoms with Crippen molar-refractivity contribution in [2.24, 2.45) is 5.92 Å². The largest absolute Gasteiger partial charge is 0.355 e. The molecule has 6 heteroatoms. The van der Waals surface area contributed by atoms with Crippen LogP contribution in [0.1, 0.15) is 24.0 Å². The van der Waals surface area contributed by atoms with Gasteiger partial charge in [0.05, 0.1) is 0 Å². The third kappa shape index (κ3) is 4.72. The zero-order valence-electron chi connectivity index (χ0n) is 14.7. The molecule has 0 bridgehead atoms. The molecule has 1 aromatic carbocycles. The van der Waals surface area contributed by atoms with Crippen LogP contribution in [0.5, 0.6) is 0 Å². The molecule has 1 fully saturated rings. The van der Waals surface area contributed by atoms with Crippen LogP contribution in [0.15, 0.2) is 41.4 Å². The van der Waals surface area contributed by atoms with Crippen LogP contribution in [-0.4, -0.2) is 35.4 Å². The molecule has 1 saturated heterocycles. The van der Waals surface area contributed by atoms with Gasteiger partial charge in [0.1, 0.15) is 5.03 Å². The molecule has 2 heterocycles.